The molecule has 23 heavy (non-hydrogen) atoms. The first-order valence-electron chi connectivity index (χ1n) is 6.99. The van der Waals surface area contributed by atoms with Gasteiger partial charge in [0, 0.05) is 19.0 Å². The summed E-state index contributed by atoms with van der Waals surface area (Å²) in [6, 6.07) is 15.8. The van der Waals surface area contributed by atoms with Crippen LogP contribution in [0.25, 0.3) is 11.4 Å². The Morgan fingerprint density at radius 2 is 1.87 bits per heavy atom. The summed E-state index contributed by atoms with van der Waals surface area (Å²) in [5.74, 6) is 0.790. The Morgan fingerprint density at radius 3 is 2.57 bits per heavy atom. The monoisotopic (exact) mass is 329 g/mol. The molecule has 0 bridgehead atoms. The van der Waals surface area contributed by atoms with Gasteiger partial charge in [0.05, 0.1) is 4.90 Å². The third-order valence-corrected chi connectivity index (χ3v) is 4.64. The van der Waals surface area contributed by atoms with Gasteiger partial charge in [0.15, 0.2) is 0 Å². The Morgan fingerprint density at radius 1 is 1.09 bits per heavy atom. The zero-order chi connectivity index (χ0) is 16.3. The summed E-state index contributed by atoms with van der Waals surface area (Å²) in [4.78, 5) is 4.27. The normalized spacial score (nSPS) is 11.5. The van der Waals surface area contributed by atoms with Gasteiger partial charge >= 0.3 is 0 Å². The van der Waals surface area contributed by atoms with Crippen molar-refractivity contribution in [3.8, 4) is 11.4 Å². The lowest BCUT2D eigenvalue weighted by atomic mass is 10.2. The molecule has 1 aromatic heterocycles. The van der Waals surface area contributed by atoms with Gasteiger partial charge in [0.2, 0.25) is 21.7 Å². The predicted octanol–water partition coefficient (Wildman–Crippen LogP) is 2.52. The molecule has 0 unspecified atom stereocenters. The van der Waals surface area contributed by atoms with Crippen LogP contribution >= 0.6 is 0 Å². The van der Waals surface area contributed by atoms with Crippen LogP contribution in [0.3, 0.4) is 0 Å². The molecular formula is C16H15N3O3S. The van der Waals surface area contributed by atoms with Crippen molar-refractivity contribution in [3.63, 3.8) is 0 Å². The van der Waals surface area contributed by atoms with Crippen LogP contribution in [0.5, 0.6) is 0 Å². The lowest BCUT2D eigenvalue weighted by molar-refractivity contribution is 0.394. The average Bonchev–Trinajstić information content (AvgIpc) is 3.01. The summed E-state index contributed by atoms with van der Waals surface area (Å²) in [6.45, 7) is 1.91. The van der Waals surface area contributed by atoms with Crippen LogP contribution < -0.4 is 4.72 Å². The summed E-state index contributed by atoms with van der Waals surface area (Å²) in [6.07, 6.45) is 0. The molecule has 6 nitrogen and oxygen atoms in total. The Hall–Kier alpha value is -2.51. The third-order valence-electron chi connectivity index (χ3n) is 3.24. The topological polar surface area (TPSA) is 85.1 Å². The van der Waals surface area contributed by atoms with E-state index in [2.05, 4.69) is 14.9 Å². The predicted molar refractivity (Wildman–Crippen MR) is 84.9 cm³/mol. The second-order valence-corrected chi connectivity index (χ2v) is 6.74. The van der Waals surface area contributed by atoms with Crippen LogP contribution in [0, 0.1) is 6.92 Å². The summed E-state index contributed by atoms with van der Waals surface area (Å²) in [5.41, 5.74) is 1.48. The van der Waals surface area contributed by atoms with Crippen molar-refractivity contribution in [1.29, 1.82) is 0 Å². The van der Waals surface area contributed by atoms with Crippen LogP contribution in [0.15, 0.2) is 64.0 Å². The van der Waals surface area contributed by atoms with E-state index < -0.39 is 10.0 Å². The van der Waals surface area contributed by atoms with E-state index in [-0.39, 0.29) is 11.4 Å². The molecular weight excluding hydrogens is 314 g/mol. The second-order valence-electron chi connectivity index (χ2n) is 4.97. The summed E-state index contributed by atoms with van der Waals surface area (Å²) < 4.78 is 32.3. The van der Waals surface area contributed by atoms with Gasteiger partial charge in [-0.2, -0.15) is 4.98 Å². The molecule has 2 aromatic carbocycles. The Balaban J connectivity index is 1.82. The minimum absolute atomic E-state index is 0.161. The molecule has 0 fully saturated rings. The number of nitrogens with one attached hydrogen (secondary N) is 1. The van der Waals surface area contributed by atoms with Crippen molar-refractivity contribution < 1.29 is 12.9 Å². The number of rotatable bonds is 5. The van der Waals surface area contributed by atoms with Crippen molar-refractivity contribution in [1.82, 2.24) is 14.9 Å². The van der Waals surface area contributed by atoms with Crippen molar-refractivity contribution >= 4 is 10.0 Å². The largest absolute Gasteiger partial charge is 0.339 e. The maximum absolute atomic E-state index is 12.4. The number of sulfonamides is 1. The number of hydrogen-bond donors (Lipinski definition) is 1. The quantitative estimate of drug-likeness (QED) is 0.777. The highest BCUT2D eigenvalue weighted by molar-refractivity contribution is 7.89. The van der Waals surface area contributed by atoms with Crippen LogP contribution in [0.4, 0.5) is 0 Å². The van der Waals surface area contributed by atoms with E-state index in [1.807, 2.05) is 30.3 Å². The summed E-state index contributed by atoms with van der Waals surface area (Å²) in [7, 11) is -3.62. The van der Waals surface area contributed by atoms with Gasteiger partial charge < -0.3 is 4.52 Å². The molecule has 0 saturated heterocycles. The minimum atomic E-state index is -3.62. The summed E-state index contributed by atoms with van der Waals surface area (Å²) >= 11 is 0. The minimum Gasteiger partial charge on any atom is -0.339 e. The van der Waals surface area contributed by atoms with Crippen LogP contribution in [-0.4, -0.2) is 18.6 Å². The molecule has 0 spiro atoms. The lowest BCUT2D eigenvalue weighted by Crippen LogP contribution is -2.23. The highest BCUT2D eigenvalue weighted by Gasteiger charge is 2.16. The fraction of sp³-hybridized carbons (Fsp3) is 0.125. The molecule has 0 aliphatic carbocycles. The first kappa shape index (κ1) is 15.4. The third kappa shape index (κ3) is 3.64. The van der Waals surface area contributed by atoms with Crippen molar-refractivity contribution in [2.75, 3.05) is 0 Å². The number of aromatic nitrogens is 2. The van der Waals surface area contributed by atoms with Crippen molar-refractivity contribution in [2.24, 2.45) is 0 Å². The second kappa shape index (κ2) is 6.31. The lowest BCUT2D eigenvalue weighted by Gasteiger charge is -2.07. The van der Waals surface area contributed by atoms with Crippen molar-refractivity contribution in [2.45, 2.75) is 18.4 Å². The van der Waals surface area contributed by atoms with E-state index in [1.54, 1.807) is 19.1 Å². The van der Waals surface area contributed by atoms with Crippen LogP contribution in [-0.2, 0) is 16.6 Å². The van der Waals surface area contributed by atoms with E-state index in [9.17, 15) is 8.42 Å². The molecule has 3 aromatic rings. The highest BCUT2D eigenvalue weighted by atomic mass is 32.2. The molecule has 0 atom stereocenters. The first-order chi connectivity index (χ1) is 11.0. The number of hydrogen-bond acceptors (Lipinski definition) is 5. The number of benzene rings is 2. The molecule has 1 N–H and O–H groups in total. The molecule has 3 rings (SSSR count). The van der Waals surface area contributed by atoms with E-state index in [0.29, 0.717) is 17.3 Å². The molecule has 0 aliphatic heterocycles. The molecule has 0 radical (unpaired) electrons. The number of aryl methyl sites for hydroxylation is 1. The zero-order valence-corrected chi connectivity index (χ0v) is 13.2. The van der Waals surface area contributed by atoms with Gasteiger partial charge in [-0.15, -0.1) is 0 Å². The van der Waals surface area contributed by atoms with Gasteiger partial charge in [-0.25, -0.2) is 13.1 Å². The SMILES string of the molecule is Cc1nc(-c2cccc(S(=O)(=O)NCc3ccccc3)c2)no1. The Labute approximate surface area is 134 Å². The van der Waals surface area contributed by atoms with Gasteiger partial charge in [-0.05, 0) is 17.7 Å². The Bertz CT molecular complexity index is 905. The van der Waals surface area contributed by atoms with E-state index in [1.165, 1.54) is 12.1 Å². The highest BCUT2D eigenvalue weighted by Crippen LogP contribution is 2.20. The molecule has 0 amide bonds. The molecule has 7 heteroatoms. The maximum Gasteiger partial charge on any atom is 0.240 e. The van der Waals surface area contributed by atoms with Crippen LogP contribution in [0.2, 0.25) is 0 Å². The fourth-order valence-corrected chi connectivity index (χ4v) is 3.14. The fourth-order valence-electron chi connectivity index (χ4n) is 2.08. The molecule has 1 heterocycles. The molecule has 118 valence electrons. The number of nitrogens with zero attached hydrogens (tertiary/aromatic N) is 2. The van der Waals surface area contributed by atoms with E-state index in [0.717, 1.165) is 5.56 Å². The maximum atomic E-state index is 12.4. The standard InChI is InChI=1S/C16H15N3O3S/c1-12-18-16(19-22-12)14-8-5-9-15(10-14)23(20,21)17-11-13-6-3-2-4-7-13/h2-10,17H,11H2,1H3. The molecule has 0 saturated carbocycles. The van der Waals surface area contributed by atoms with Gasteiger partial charge in [-0.3, -0.25) is 0 Å². The van der Waals surface area contributed by atoms with Gasteiger partial charge in [0.25, 0.3) is 0 Å². The smallest absolute Gasteiger partial charge is 0.240 e. The van der Waals surface area contributed by atoms with Crippen LogP contribution in [0.1, 0.15) is 11.5 Å². The molecule has 0 aliphatic rings. The van der Waals surface area contributed by atoms with E-state index in [4.69, 9.17) is 4.52 Å². The van der Waals surface area contributed by atoms with Gasteiger partial charge in [0.1, 0.15) is 0 Å². The summed E-state index contributed by atoms with van der Waals surface area (Å²) in [5, 5.41) is 3.80. The Kier molecular flexibility index (Phi) is 4.22. The van der Waals surface area contributed by atoms with Crippen molar-refractivity contribution in [3.05, 3.63) is 66.1 Å². The zero-order valence-electron chi connectivity index (χ0n) is 12.4. The van der Waals surface area contributed by atoms with E-state index >= 15 is 0 Å². The average molecular weight is 329 g/mol. The van der Waals surface area contributed by atoms with Gasteiger partial charge in [-0.1, -0.05) is 47.6 Å². The first-order valence-corrected chi connectivity index (χ1v) is 8.47.